The fourth-order valence-corrected chi connectivity index (χ4v) is 4.07. The number of hydrogen-bond acceptors (Lipinski definition) is 4. The van der Waals surface area contributed by atoms with E-state index in [0.29, 0.717) is 11.9 Å². The maximum Gasteiger partial charge on any atom is 0.262 e. The third-order valence-corrected chi connectivity index (χ3v) is 5.87. The first-order valence-corrected chi connectivity index (χ1v) is 9.79. The Kier molecular flexibility index (Phi) is 5.20. The number of thiophene rings is 1. The molecule has 0 unspecified atom stereocenters. The van der Waals surface area contributed by atoms with Crippen LogP contribution in [0.5, 0.6) is 0 Å². The average Bonchev–Trinajstić information content (AvgIpc) is 2.90. The molecule has 0 aliphatic carbocycles. The zero-order valence-electron chi connectivity index (χ0n) is 16.4. The molecule has 2 heterocycles. The highest BCUT2D eigenvalue weighted by atomic mass is 32.1. The topological polar surface area (TPSA) is 55.2 Å². The summed E-state index contributed by atoms with van der Waals surface area (Å²) >= 11 is 1.51. The Labute approximate surface area is 163 Å². The lowest BCUT2D eigenvalue weighted by Gasteiger charge is -2.36. The largest absolute Gasteiger partial charge is 0.332 e. The van der Waals surface area contributed by atoms with Gasteiger partial charge < -0.3 is 4.90 Å². The van der Waals surface area contributed by atoms with Crippen LogP contribution in [0.4, 0.5) is 0 Å². The number of aryl methyl sites for hydroxylation is 2. The second-order valence-corrected chi connectivity index (χ2v) is 8.98. The van der Waals surface area contributed by atoms with E-state index >= 15 is 0 Å². The Morgan fingerprint density at radius 1 is 1.19 bits per heavy atom. The lowest BCUT2D eigenvalue weighted by molar-refractivity contribution is -0.137. The van der Waals surface area contributed by atoms with Crippen LogP contribution in [0.3, 0.4) is 0 Å². The van der Waals surface area contributed by atoms with Gasteiger partial charge in [0.25, 0.3) is 5.56 Å². The lowest BCUT2D eigenvalue weighted by Crippen LogP contribution is -2.47. The highest BCUT2D eigenvalue weighted by molar-refractivity contribution is 7.18. The van der Waals surface area contributed by atoms with Gasteiger partial charge in [-0.2, -0.15) is 0 Å². The highest BCUT2D eigenvalue weighted by Crippen LogP contribution is 2.25. The predicted molar refractivity (Wildman–Crippen MR) is 110 cm³/mol. The molecule has 5 nitrogen and oxygen atoms in total. The van der Waals surface area contributed by atoms with Crippen molar-refractivity contribution < 1.29 is 4.79 Å². The van der Waals surface area contributed by atoms with E-state index < -0.39 is 0 Å². The van der Waals surface area contributed by atoms with Gasteiger partial charge in [0, 0.05) is 17.0 Å². The Morgan fingerprint density at radius 2 is 1.85 bits per heavy atom. The van der Waals surface area contributed by atoms with Crippen LogP contribution in [0.25, 0.3) is 10.2 Å². The number of fused-ring (bicyclic) bond motifs is 1. The van der Waals surface area contributed by atoms with Crippen LogP contribution in [-0.2, 0) is 17.9 Å². The number of rotatable bonds is 4. The fraction of sp³-hybridized carbons (Fsp3) is 0.381. The van der Waals surface area contributed by atoms with E-state index in [1.165, 1.54) is 22.2 Å². The van der Waals surface area contributed by atoms with Crippen molar-refractivity contribution in [3.05, 3.63) is 63.0 Å². The first-order chi connectivity index (χ1) is 12.7. The van der Waals surface area contributed by atoms with Crippen molar-refractivity contribution in [3.8, 4) is 0 Å². The third kappa shape index (κ3) is 3.95. The molecule has 0 N–H and O–H groups in total. The van der Waals surface area contributed by atoms with Gasteiger partial charge in [0.15, 0.2) is 0 Å². The number of hydrogen-bond donors (Lipinski definition) is 0. The Morgan fingerprint density at radius 3 is 2.48 bits per heavy atom. The number of carbonyl (C=O) groups is 1. The van der Waals surface area contributed by atoms with E-state index in [9.17, 15) is 9.59 Å². The molecule has 0 fully saturated rings. The molecule has 1 aromatic carbocycles. The average molecular weight is 384 g/mol. The van der Waals surface area contributed by atoms with Crippen LogP contribution in [0, 0.1) is 13.8 Å². The van der Waals surface area contributed by atoms with Gasteiger partial charge >= 0.3 is 0 Å². The van der Waals surface area contributed by atoms with Crippen LogP contribution in [0.2, 0.25) is 0 Å². The van der Waals surface area contributed by atoms with Crippen molar-refractivity contribution in [2.75, 3.05) is 0 Å². The van der Waals surface area contributed by atoms with Gasteiger partial charge in [0.2, 0.25) is 5.91 Å². The number of benzene rings is 1. The van der Waals surface area contributed by atoms with E-state index in [-0.39, 0.29) is 23.6 Å². The molecule has 1 amide bonds. The molecule has 142 valence electrons. The van der Waals surface area contributed by atoms with Crippen molar-refractivity contribution in [1.29, 1.82) is 0 Å². The summed E-state index contributed by atoms with van der Waals surface area (Å²) in [7, 11) is 0. The van der Waals surface area contributed by atoms with Crippen LogP contribution in [0.15, 0.2) is 41.5 Å². The van der Waals surface area contributed by atoms with E-state index in [1.54, 1.807) is 0 Å². The molecule has 0 saturated carbocycles. The van der Waals surface area contributed by atoms with E-state index in [1.807, 2.05) is 69.9 Å². The van der Waals surface area contributed by atoms with E-state index in [2.05, 4.69) is 4.98 Å². The van der Waals surface area contributed by atoms with Crippen LogP contribution in [-0.4, -0.2) is 25.9 Å². The summed E-state index contributed by atoms with van der Waals surface area (Å²) in [5.41, 5.74) is 1.50. The van der Waals surface area contributed by atoms with Crippen LogP contribution >= 0.6 is 11.3 Å². The lowest BCUT2D eigenvalue weighted by atomic mass is 10.0. The summed E-state index contributed by atoms with van der Waals surface area (Å²) in [4.78, 5) is 34.0. The molecule has 0 aliphatic rings. The summed E-state index contributed by atoms with van der Waals surface area (Å²) in [6.45, 7) is 10.4. The molecule has 3 aromatic rings. The molecule has 2 aromatic heterocycles. The summed E-state index contributed by atoms with van der Waals surface area (Å²) in [6, 6.07) is 9.89. The molecule has 3 rings (SSSR count). The van der Waals surface area contributed by atoms with Crippen molar-refractivity contribution >= 4 is 27.5 Å². The van der Waals surface area contributed by atoms with Gasteiger partial charge in [0.05, 0.1) is 11.7 Å². The maximum atomic E-state index is 13.1. The molecule has 0 saturated heterocycles. The van der Waals surface area contributed by atoms with Gasteiger partial charge in [-0.3, -0.25) is 14.2 Å². The van der Waals surface area contributed by atoms with Crippen molar-refractivity contribution in [2.45, 2.75) is 53.2 Å². The monoisotopic (exact) mass is 383 g/mol. The molecule has 0 radical (unpaired) electrons. The summed E-state index contributed by atoms with van der Waals surface area (Å²) in [5, 5.41) is 0.623. The van der Waals surface area contributed by atoms with Gasteiger partial charge in [-0.1, -0.05) is 30.3 Å². The Hall–Kier alpha value is -2.47. The third-order valence-electron chi connectivity index (χ3n) is 4.76. The zero-order valence-corrected chi connectivity index (χ0v) is 17.3. The van der Waals surface area contributed by atoms with Crippen molar-refractivity contribution in [2.24, 2.45) is 0 Å². The number of aromatic nitrogens is 2. The zero-order chi connectivity index (χ0) is 19.8. The minimum atomic E-state index is -0.358. The maximum absolute atomic E-state index is 13.1. The first kappa shape index (κ1) is 19.3. The van der Waals surface area contributed by atoms with Gasteiger partial charge in [-0.05, 0) is 45.7 Å². The molecular formula is C21H25N3O2S. The quantitative estimate of drug-likeness (QED) is 0.686. The summed E-state index contributed by atoms with van der Waals surface area (Å²) in [5.74, 6) is -0.0980. The summed E-state index contributed by atoms with van der Waals surface area (Å²) in [6.07, 6.45) is 1.49. The number of carbonyl (C=O) groups excluding carboxylic acids is 1. The van der Waals surface area contributed by atoms with Gasteiger partial charge in [-0.15, -0.1) is 11.3 Å². The van der Waals surface area contributed by atoms with Crippen molar-refractivity contribution in [3.63, 3.8) is 0 Å². The molecule has 0 spiro atoms. The first-order valence-electron chi connectivity index (χ1n) is 8.98. The molecule has 0 bridgehead atoms. The SMILES string of the molecule is Cc1sc2ncn(CC(=O)N(Cc3ccccc3)C(C)(C)C)c(=O)c2c1C. The number of nitrogens with zero attached hydrogens (tertiary/aromatic N) is 3. The Balaban J connectivity index is 1.92. The minimum Gasteiger partial charge on any atom is -0.332 e. The highest BCUT2D eigenvalue weighted by Gasteiger charge is 2.27. The van der Waals surface area contributed by atoms with Gasteiger partial charge in [-0.25, -0.2) is 4.98 Å². The Bertz CT molecular complexity index is 1030. The molecule has 27 heavy (non-hydrogen) atoms. The second-order valence-electron chi connectivity index (χ2n) is 7.78. The molecule has 0 aliphatic heterocycles. The smallest absolute Gasteiger partial charge is 0.262 e. The molecular weight excluding hydrogens is 358 g/mol. The van der Waals surface area contributed by atoms with Gasteiger partial charge in [0.1, 0.15) is 11.4 Å². The van der Waals surface area contributed by atoms with E-state index in [4.69, 9.17) is 0 Å². The normalized spacial score (nSPS) is 11.7. The standard InChI is InChI=1S/C21H25N3O2S/c1-14-15(2)27-19-18(14)20(26)23(13-22-19)12-17(25)24(21(3,4)5)11-16-9-7-6-8-10-16/h6-10,13H,11-12H2,1-5H3. The number of amides is 1. The predicted octanol–water partition coefficient (Wildman–Crippen LogP) is 3.90. The van der Waals surface area contributed by atoms with Crippen LogP contribution in [0.1, 0.15) is 36.8 Å². The summed E-state index contributed by atoms with van der Waals surface area (Å²) < 4.78 is 1.42. The molecule has 6 heteroatoms. The fourth-order valence-electron chi connectivity index (χ4n) is 3.08. The minimum absolute atomic E-state index is 0.0137. The second kappa shape index (κ2) is 7.27. The van der Waals surface area contributed by atoms with Crippen molar-refractivity contribution in [1.82, 2.24) is 14.5 Å². The molecule has 0 atom stereocenters. The van der Waals surface area contributed by atoms with E-state index in [0.717, 1.165) is 20.8 Å². The van der Waals surface area contributed by atoms with Crippen LogP contribution < -0.4 is 5.56 Å².